The van der Waals surface area contributed by atoms with Crippen molar-refractivity contribution >= 4 is 17.5 Å². The first-order valence-corrected chi connectivity index (χ1v) is 10.1. The highest BCUT2D eigenvalue weighted by Gasteiger charge is 2.20. The zero-order chi connectivity index (χ0) is 20.1. The molecule has 0 aliphatic carbocycles. The maximum Gasteiger partial charge on any atom is 0.133 e. The fraction of sp³-hybridized carbons (Fsp3) is 0.364. The van der Waals surface area contributed by atoms with E-state index in [9.17, 15) is 0 Å². The molecule has 7 heteroatoms. The largest absolute Gasteiger partial charge is 0.366 e. The van der Waals surface area contributed by atoms with Gasteiger partial charge in [0.05, 0.1) is 0 Å². The van der Waals surface area contributed by atoms with Gasteiger partial charge in [-0.1, -0.05) is 26.0 Å². The summed E-state index contributed by atoms with van der Waals surface area (Å²) in [5.74, 6) is 3.31. The molecule has 0 amide bonds. The van der Waals surface area contributed by atoms with Crippen molar-refractivity contribution < 1.29 is 0 Å². The molecule has 0 bridgehead atoms. The summed E-state index contributed by atoms with van der Waals surface area (Å²) in [5.41, 5.74) is 2.21. The van der Waals surface area contributed by atoms with Crippen LogP contribution in [0.3, 0.4) is 0 Å². The lowest BCUT2D eigenvalue weighted by Crippen LogP contribution is -2.47. The molecular weight excluding hydrogens is 362 g/mol. The second-order valence-corrected chi connectivity index (χ2v) is 7.48. The van der Waals surface area contributed by atoms with Crippen molar-refractivity contribution in [2.24, 2.45) is 0 Å². The molecule has 0 spiro atoms. The number of anilines is 3. The fourth-order valence-electron chi connectivity index (χ4n) is 3.51. The summed E-state index contributed by atoms with van der Waals surface area (Å²) in [6, 6.07) is 12.2. The quantitative estimate of drug-likeness (QED) is 0.693. The van der Waals surface area contributed by atoms with Gasteiger partial charge in [-0.25, -0.2) is 19.9 Å². The normalized spacial score (nSPS) is 14.3. The number of pyridine rings is 2. The minimum atomic E-state index is 0.378. The highest BCUT2D eigenvalue weighted by Crippen LogP contribution is 2.22. The van der Waals surface area contributed by atoms with Gasteiger partial charge in [0.1, 0.15) is 23.8 Å². The Hall–Kier alpha value is -3.22. The molecule has 7 nitrogen and oxygen atoms in total. The van der Waals surface area contributed by atoms with Gasteiger partial charge in [-0.05, 0) is 24.1 Å². The molecule has 1 fully saturated rings. The molecule has 29 heavy (non-hydrogen) atoms. The van der Waals surface area contributed by atoms with E-state index in [1.165, 1.54) is 5.56 Å². The Balaban J connectivity index is 1.42. The van der Waals surface area contributed by atoms with E-state index >= 15 is 0 Å². The monoisotopic (exact) mass is 389 g/mol. The number of rotatable bonds is 6. The van der Waals surface area contributed by atoms with Gasteiger partial charge in [0, 0.05) is 62.4 Å². The van der Waals surface area contributed by atoms with E-state index in [1.54, 1.807) is 6.33 Å². The van der Waals surface area contributed by atoms with Gasteiger partial charge in [-0.15, -0.1) is 0 Å². The second kappa shape index (κ2) is 8.86. The molecule has 0 saturated carbocycles. The highest BCUT2D eigenvalue weighted by atomic mass is 15.3. The number of nitrogens with zero attached hydrogens (tertiary/aromatic N) is 6. The molecule has 4 rings (SSSR count). The number of piperazine rings is 1. The van der Waals surface area contributed by atoms with E-state index in [-0.39, 0.29) is 0 Å². The molecule has 0 aromatic carbocycles. The van der Waals surface area contributed by atoms with Crippen LogP contribution in [0.1, 0.15) is 31.0 Å². The van der Waals surface area contributed by atoms with Gasteiger partial charge >= 0.3 is 0 Å². The zero-order valence-electron chi connectivity index (χ0n) is 17.0. The van der Waals surface area contributed by atoms with Gasteiger partial charge < -0.3 is 15.1 Å². The van der Waals surface area contributed by atoms with E-state index in [4.69, 9.17) is 0 Å². The predicted molar refractivity (Wildman–Crippen MR) is 116 cm³/mol. The van der Waals surface area contributed by atoms with E-state index in [0.717, 1.165) is 49.3 Å². The van der Waals surface area contributed by atoms with Crippen LogP contribution in [0.15, 0.2) is 55.1 Å². The van der Waals surface area contributed by atoms with Crippen LogP contribution < -0.4 is 15.1 Å². The summed E-state index contributed by atoms with van der Waals surface area (Å²) >= 11 is 0. The standard InChI is InChI=1S/C22H27N7/c1-17(2)19-14-20(27-16-26-19)25-15-18-6-5-9-24-22(18)29-12-10-28(11-13-29)21-7-3-4-8-23-21/h3-9,14,16-17H,10-13,15H2,1-2H3,(H,25,26,27). The van der Waals surface area contributed by atoms with E-state index in [1.807, 2.05) is 36.7 Å². The Morgan fingerprint density at radius 1 is 0.897 bits per heavy atom. The van der Waals surface area contributed by atoms with Crippen LogP contribution >= 0.6 is 0 Å². The number of aromatic nitrogens is 4. The Kier molecular flexibility index (Phi) is 5.84. The first kappa shape index (κ1) is 19.1. The van der Waals surface area contributed by atoms with Gasteiger partial charge in [-0.3, -0.25) is 0 Å². The molecule has 0 radical (unpaired) electrons. The van der Waals surface area contributed by atoms with Gasteiger partial charge in [-0.2, -0.15) is 0 Å². The minimum Gasteiger partial charge on any atom is -0.366 e. The first-order valence-electron chi connectivity index (χ1n) is 10.1. The molecule has 3 aromatic rings. The van der Waals surface area contributed by atoms with Crippen LogP contribution in [0.2, 0.25) is 0 Å². The Morgan fingerprint density at radius 2 is 1.69 bits per heavy atom. The lowest BCUT2D eigenvalue weighted by Gasteiger charge is -2.36. The molecule has 1 aliphatic rings. The van der Waals surface area contributed by atoms with Crippen LogP contribution in [0.4, 0.5) is 17.5 Å². The number of hydrogen-bond donors (Lipinski definition) is 1. The summed E-state index contributed by atoms with van der Waals surface area (Å²) in [5, 5.41) is 3.43. The SMILES string of the molecule is CC(C)c1cc(NCc2cccnc2N2CCN(c3ccccn3)CC2)ncn1. The third kappa shape index (κ3) is 4.62. The van der Waals surface area contributed by atoms with Crippen LogP contribution in [0.5, 0.6) is 0 Å². The third-order valence-corrected chi connectivity index (χ3v) is 5.16. The number of nitrogens with one attached hydrogen (secondary N) is 1. The highest BCUT2D eigenvalue weighted by molar-refractivity contribution is 5.51. The summed E-state index contributed by atoms with van der Waals surface area (Å²) in [6.07, 6.45) is 5.34. The van der Waals surface area contributed by atoms with Crippen molar-refractivity contribution in [2.45, 2.75) is 26.3 Å². The van der Waals surface area contributed by atoms with Crippen molar-refractivity contribution in [3.8, 4) is 0 Å². The Morgan fingerprint density at radius 3 is 2.45 bits per heavy atom. The van der Waals surface area contributed by atoms with Crippen LogP contribution in [0.25, 0.3) is 0 Å². The minimum absolute atomic E-state index is 0.378. The molecular formula is C22H27N7. The van der Waals surface area contributed by atoms with Crippen molar-refractivity contribution in [2.75, 3.05) is 41.3 Å². The topological polar surface area (TPSA) is 70.1 Å². The summed E-state index contributed by atoms with van der Waals surface area (Å²) in [7, 11) is 0. The van der Waals surface area contributed by atoms with Gasteiger partial charge in [0.25, 0.3) is 0 Å². The van der Waals surface area contributed by atoms with Crippen molar-refractivity contribution in [1.29, 1.82) is 0 Å². The average molecular weight is 390 g/mol. The zero-order valence-corrected chi connectivity index (χ0v) is 17.0. The lowest BCUT2D eigenvalue weighted by molar-refractivity contribution is 0.639. The second-order valence-electron chi connectivity index (χ2n) is 7.48. The van der Waals surface area contributed by atoms with E-state index in [2.05, 4.69) is 61.0 Å². The smallest absolute Gasteiger partial charge is 0.133 e. The Labute approximate surface area is 171 Å². The van der Waals surface area contributed by atoms with E-state index in [0.29, 0.717) is 12.5 Å². The maximum atomic E-state index is 4.68. The third-order valence-electron chi connectivity index (χ3n) is 5.16. The van der Waals surface area contributed by atoms with Crippen molar-refractivity contribution in [3.63, 3.8) is 0 Å². The molecule has 3 aromatic heterocycles. The lowest BCUT2D eigenvalue weighted by atomic mass is 10.1. The maximum absolute atomic E-state index is 4.68. The van der Waals surface area contributed by atoms with Crippen molar-refractivity contribution in [1.82, 2.24) is 19.9 Å². The molecule has 1 saturated heterocycles. The molecule has 4 heterocycles. The Bertz CT molecular complexity index is 921. The molecule has 0 atom stereocenters. The van der Waals surface area contributed by atoms with Gasteiger partial charge in [0.15, 0.2) is 0 Å². The van der Waals surface area contributed by atoms with Crippen molar-refractivity contribution in [3.05, 3.63) is 66.4 Å². The van der Waals surface area contributed by atoms with Gasteiger partial charge in [0.2, 0.25) is 0 Å². The number of hydrogen-bond acceptors (Lipinski definition) is 7. The summed E-state index contributed by atoms with van der Waals surface area (Å²) < 4.78 is 0. The predicted octanol–water partition coefficient (Wildman–Crippen LogP) is 3.33. The first-order chi connectivity index (χ1) is 14.2. The molecule has 1 N–H and O–H groups in total. The fourth-order valence-corrected chi connectivity index (χ4v) is 3.51. The van der Waals surface area contributed by atoms with Crippen LogP contribution in [-0.4, -0.2) is 46.1 Å². The van der Waals surface area contributed by atoms with Crippen LogP contribution in [-0.2, 0) is 6.54 Å². The van der Waals surface area contributed by atoms with E-state index < -0.39 is 0 Å². The molecule has 0 unspecified atom stereocenters. The average Bonchev–Trinajstić information content (AvgIpc) is 2.79. The summed E-state index contributed by atoms with van der Waals surface area (Å²) in [4.78, 5) is 22.5. The summed E-state index contributed by atoms with van der Waals surface area (Å²) in [6.45, 7) is 8.66. The molecule has 150 valence electrons. The van der Waals surface area contributed by atoms with Crippen LogP contribution in [0, 0.1) is 0 Å². The molecule has 1 aliphatic heterocycles.